The molecule has 0 bridgehead atoms. The van der Waals surface area contributed by atoms with E-state index in [2.05, 4.69) is 23.3 Å². The second kappa shape index (κ2) is 12.6. The maximum atomic E-state index is 12.4. The summed E-state index contributed by atoms with van der Waals surface area (Å²) in [6.07, 6.45) is -2.91. The molecule has 0 spiro atoms. The highest BCUT2D eigenvalue weighted by molar-refractivity contribution is 7.80. The molecule has 0 heterocycles. The molecule has 0 saturated carbocycles. The predicted octanol–water partition coefficient (Wildman–Crippen LogP) is -4.49. The van der Waals surface area contributed by atoms with E-state index in [4.69, 9.17) is 21.7 Å². The van der Waals surface area contributed by atoms with E-state index >= 15 is 0 Å². The van der Waals surface area contributed by atoms with Crippen LogP contribution >= 0.6 is 12.6 Å². The van der Waals surface area contributed by atoms with Gasteiger partial charge in [-0.05, 0) is 6.92 Å². The molecule has 0 aliphatic rings. The van der Waals surface area contributed by atoms with Crippen molar-refractivity contribution in [1.29, 1.82) is 0 Å². The van der Waals surface area contributed by atoms with Crippen LogP contribution < -0.4 is 27.4 Å². The molecule has 4 amide bonds. The molecular weight excluding hydrogens is 426 g/mol. The summed E-state index contributed by atoms with van der Waals surface area (Å²) in [4.78, 5) is 69.6. The van der Waals surface area contributed by atoms with E-state index < -0.39 is 78.7 Å². The van der Waals surface area contributed by atoms with Crippen LogP contribution in [0.4, 0.5) is 0 Å². The summed E-state index contributed by atoms with van der Waals surface area (Å²) < 4.78 is 0. The van der Waals surface area contributed by atoms with Gasteiger partial charge in [-0.1, -0.05) is 0 Å². The lowest BCUT2D eigenvalue weighted by Gasteiger charge is -2.24. The number of nitrogens with one attached hydrogen (secondary N) is 3. The van der Waals surface area contributed by atoms with Gasteiger partial charge in [0.2, 0.25) is 23.6 Å². The van der Waals surface area contributed by atoms with Crippen LogP contribution in [0.15, 0.2) is 0 Å². The molecule has 0 aromatic carbocycles. The molecule has 0 fully saturated rings. The van der Waals surface area contributed by atoms with E-state index in [0.717, 1.165) is 0 Å². The zero-order valence-electron chi connectivity index (χ0n) is 15.9. The zero-order chi connectivity index (χ0) is 23.6. The van der Waals surface area contributed by atoms with Gasteiger partial charge in [-0.2, -0.15) is 12.6 Å². The lowest BCUT2D eigenvalue weighted by Crippen LogP contribution is -2.59. The van der Waals surface area contributed by atoms with Crippen LogP contribution in [0.5, 0.6) is 0 Å². The maximum absolute atomic E-state index is 12.4. The number of primary amides is 1. The maximum Gasteiger partial charge on any atom is 0.326 e. The predicted molar refractivity (Wildman–Crippen MR) is 103 cm³/mol. The average Bonchev–Trinajstić information content (AvgIpc) is 2.62. The van der Waals surface area contributed by atoms with Gasteiger partial charge in [0.15, 0.2) is 0 Å². The van der Waals surface area contributed by atoms with Gasteiger partial charge in [0.05, 0.1) is 18.9 Å². The van der Waals surface area contributed by atoms with Crippen LogP contribution in [0, 0.1) is 0 Å². The SMILES string of the molecule is CC(O)C(N)C(=O)NC(CS)C(=O)NC(CC(N)=O)C(=O)NC(CC(=O)O)C(=O)O. The molecule has 170 valence electrons. The van der Waals surface area contributed by atoms with E-state index in [0.29, 0.717) is 0 Å². The van der Waals surface area contributed by atoms with Crippen LogP contribution in [0.1, 0.15) is 19.8 Å². The van der Waals surface area contributed by atoms with Crippen molar-refractivity contribution >= 4 is 48.2 Å². The number of hydrogen-bond acceptors (Lipinski definition) is 9. The van der Waals surface area contributed by atoms with Gasteiger partial charge in [-0.25, -0.2) is 4.79 Å². The van der Waals surface area contributed by atoms with E-state index in [1.54, 1.807) is 0 Å². The molecular formula is C15H25N5O9S. The van der Waals surface area contributed by atoms with Gasteiger partial charge in [0.1, 0.15) is 24.2 Å². The number of thiol groups is 1. The van der Waals surface area contributed by atoms with Gasteiger partial charge in [0.25, 0.3) is 0 Å². The molecule has 0 saturated heterocycles. The van der Waals surface area contributed by atoms with Crippen molar-refractivity contribution in [3.05, 3.63) is 0 Å². The first-order chi connectivity index (χ1) is 13.8. The third-order valence-electron chi connectivity index (χ3n) is 3.67. The Morgan fingerprint density at radius 1 is 0.867 bits per heavy atom. The Morgan fingerprint density at radius 3 is 1.73 bits per heavy atom. The molecule has 0 aliphatic carbocycles. The molecule has 10 N–H and O–H groups in total. The summed E-state index contributed by atoms with van der Waals surface area (Å²) in [6, 6.07) is -6.16. The second-order valence-electron chi connectivity index (χ2n) is 6.24. The van der Waals surface area contributed by atoms with E-state index in [1.165, 1.54) is 6.92 Å². The Hall–Kier alpha value is -2.91. The summed E-state index contributed by atoms with van der Waals surface area (Å²) in [5, 5.41) is 33.2. The lowest BCUT2D eigenvalue weighted by atomic mass is 10.1. The van der Waals surface area contributed by atoms with Crippen LogP contribution in [-0.4, -0.2) is 86.9 Å². The standard InChI is InChI=1S/C15H25N5O9S/c1-5(21)11(17)14(27)20-8(4-30)13(26)18-6(2-9(16)22)12(25)19-7(15(28)29)3-10(23)24/h5-8,11,21,30H,2-4,17H2,1H3,(H2,16,22)(H,18,26)(H,19,25)(H,20,27)(H,23,24)(H,28,29). The smallest absolute Gasteiger partial charge is 0.326 e. The van der Waals surface area contributed by atoms with Gasteiger partial charge in [-0.15, -0.1) is 0 Å². The minimum Gasteiger partial charge on any atom is -0.481 e. The van der Waals surface area contributed by atoms with Crippen molar-refractivity contribution in [2.24, 2.45) is 11.5 Å². The minimum atomic E-state index is -1.83. The minimum absolute atomic E-state index is 0.258. The number of aliphatic hydroxyl groups excluding tert-OH is 1. The molecule has 5 unspecified atom stereocenters. The summed E-state index contributed by atoms with van der Waals surface area (Å²) in [5.41, 5.74) is 10.5. The van der Waals surface area contributed by atoms with E-state index in [-0.39, 0.29) is 5.75 Å². The third-order valence-corrected chi connectivity index (χ3v) is 4.03. The van der Waals surface area contributed by atoms with E-state index in [1.807, 2.05) is 5.32 Å². The first-order valence-electron chi connectivity index (χ1n) is 8.48. The molecule has 15 heteroatoms. The van der Waals surface area contributed by atoms with Gasteiger partial charge < -0.3 is 42.7 Å². The van der Waals surface area contributed by atoms with Crippen LogP contribution in [0.3, 0.4) is 0 Å². The van der Waals surface area contributed by atoms with Gasteiger partial charge in [0, 0.05) is 5.75 Å². The Balaban J connectivity index is 5.33. The highest BCUT2D eigenvalue weighted by Crippen LogP contribution is 2.00. The Morgan fingerprint density at radius 2 is 1.33 bits per heavy atom. The molecule has 5 atom stereocenters. The number of carbonyl (C=O) groups is 6. The summed E-state index contributed by atoms with van der Waals surface area (Å²) in [6.45, 7) is 1.25. The van der Waals surface area contributed by atoms with Crippen molar-refractivity contribution in [3.8, 4) is 0 Å². The number of hydrogen-bond donors (Lipinski definition) is 9. The van der Waals surface area contributed by atoms with Crippen molar-refractivity contribution in [2.75, 3.05) is 5.75 Å². The van der Waals surface area contributed by atoms with Crippen molar-refractivity contribution in [1.82, 2.24) is 16.0 Å². The molecule has 0 radical (unpaired) electrons. The molecule has 30 heavy (non-hydrogen) atoms. The third kappa shape index (κ3) is 9.53. The topological polar surface area (TPSA) is 251 Å². The Bertz CT molecular complexity index is 687. The molecule has 0 aromatic rings. The normalized spacial score (nSPS) is 15.6. The summed E-state index contributed by atoms with van der Waals surface area (Å²) in [7, 11) is 0. The number of aliphatic carboxylic acids is 2. The molecule has 14 nitrogen and oxygen atoms in total. The highest BCUT2D eigenvalue weighted by atomic mass is 32.1. The molecule has 0 aromatic heterocycles. The second-order valence-corrected chi connectivity index (χ2v) is 6.60. The molecule has 0 rings (SSSR count). The van der Waals surface area contributed by atoms with Crippen molar-refractivity contribution in [3.63, 3.8) is 0 Å². The fourth-order valence-electron chi connectivity index (χ4n) is 2.01. The number of carboxylic acid groups (broad SMARTS) is 2. The van der Waals surface area contributed by atoms with Gasteiger partial charge >= 0.3 is 11.9 Å². The fourth-order valence-corrected chi connectivity index (χ4v) is 2.27. The first kappa shape index (κ1) is 27.1. The highest BCUT2D eigenvalue weighted by Gasteiger charge is 2.32. The number of carbonyl (C=O) groups excluding carboxylic acids is 4. The average molecular weight is 451 g/mol. The number of nitrogens with two attached hydrogens (primary N) is 2. The summed E-state index contributed by atoms with van der Waals surface area (Å²) in [5.74, 6) is -7.49. The van der Waals surface area contributed by atoms with Crippen LogP contribution in [0.25, 0.3) is 0 Å². The van der Waals surface area contributed by atoms with Crippen LogP contribution in [-0.2, 0) is 28.8 Å². The zero-order valence-corrected chi connectivity index (χ0v) is 16.8. The monoisotopic (exact) mass is 451 g/mol. The Kier molecular flexibility index (Phi) is 11.4. The summed E-state index contributed by atoms with van der Waals surface area (Å²) >= 11 is 3.90. The first-order valence-corrected chi connectivity index (χ1v) is 9.11. The number of amides is 4. The number of aliphatic hydroxyl groups is 1. The molecule has 0 aliphatic heterocycles. The van der Waals surface area contributed by atoms with Crippen molar-refractivity contribution in [2.45, 2.75) is 50.0 Å². The van der Waals surface area contributed by atoms with Gasteiger partial charge in [-0.3, -0.25) is 24.0 Å². The Labute approximate surface area is 176 Å². The van der Waals surface area contributed by atoms with E-state index in [9.17, 15) is 33.9 Å². The van der Waals surface area contributed by atoms with Crippen LogP contribution in [0.2, 0.25) is 0 Å². The quantitative estimate of drug-likeness (QED) is 0.121. The number of rotatable bonds is 13. The largest absolute Gasteiger partial charge is 0.481 e. The lowest BCUT2D eigenvalue weighted by molar-refractivity contribution is -0.147. The van der Waals surface area contributed by atoms with Crippen molar-refractivity contribution < 1.29 is 44.1 Å². The number of carboxylic acids is 2. The fraction of sp³-hybridized carbons (Fsp3) is 0.600.